The van der Waals surface area contributed by atoms with Crippen molar-refractivity contribution >= 4 is 17.0 Å². The van der Waals surface area contributed by atoms with Gasteiger partial charge in [-0.25, -0.2) is 0 Å². The van der Waals surface area contributed by atoms with E-state index in [1.54, 1.807) is 11.3 Å². The van der Waals surface area contributed by atoms with Gasteiger partial charge >= 0.3 is 0 Å². The molecule has 2 aromatic rings. The predicted octanol–water partition coefficient (Wildman–Crippen LogP) is 2.02. The van der Waals surface area contributed by atoms with Gasteiger partial charge in [0.05, 0.1) is 5.51 Å². The number of hydrogen-bond donors (Lipinski definition) is 2. The van der Waals surface area contributed by atoms with E-state index in [1.807, 2.05) is 29.9 Å². The van der Waals surface area contributed by atoms with Crippen LogP contribution in [-0.4, -0.2) is 4.98 Å². The molecule has 0 unspecified atom stereocenters. The lowest BCUT2D eigenvalue weighted by molar-refractivity contribution is 0.700. The lowest BCUT2D eigenvalue weighted by atomic mass is 10.2. The molecule has 3 N–H and O–H groups in total. The van der Waals surface area contributed by atoms with Gasteiger partial charge in [-0.3, -0.25) is 4.98 Å². The lowest BCUT2D eigenvalue weighted by Gasteiger charge is -2.03. The van der Waals surface area contributed by atoms with Gasteiger partial charge in [-0.15, -0.1) is 11.3 Å². The maximum Gasteiger partial charge on any atom is 0.0794 e. The molecule has 0 atom stereocenters. The van der Waals surface area contributed by atoms with Crippen LogP contribution >= 0.6 is 11.3 Å². The number of benzene rings is 1. The summed E-state index contributed by atoms with van der Waals surface area (Å²) in [6, 6.07) is 7.92. The summed E-state index contributed by atoms with van der Waals surface area (Å²) in [7, 11) is 0. The standard InChI is InChI=1S/C11H13N3S/c12-10-3-1-2-9(4-10)5-13-6-11-7-14-8-15-11/h1-4,7-8,13H,5-6,12H2. The summed E-state index contributed by atoms with van der Waals surface area (Å²) in [5, 5.41) is 3.35. The van der Waals surface area contributed by atoms with Crippen molar-refractivity contribution in [1.29, 1.82) is 0 Å². The van der Waals surface area contributed by atoms with Crippen molar-refractivity contribution < 1.29 is 0 Å². The minimum Gasteiger partial charge on any atom is -0.399 e. The summed E-state index contributed by atoms with van der Waals surface area (Å²) < 4.78 is 0. The first-order valence-electron chi connectivity index (χ1n) is 4.77. The van der Waals surface area contributed by atoms with Crippen molar-refractivity contribution in [2.75, 3.05) is 5.73 Å². The Morgan fingerprint density at radius 3 is 3.00 bits per heavy atom. The molecule has 0 aliphatic heterocycles. The fourth-order valence-electron chi connectivity index (χ4n) is 1.36. The number of hydrogen-bond acceptors (Lipinski definition) is 4. The molecule has 0 aliphatic rings. The van der Waals surface area contributed by atoms with Crippen LogP contribution in [0.25, 0.3) is 0 Å². The van der Waals surface area contributed by atoms with Gasteiger partial charge in [0, 0.05) is 29.9 Å². The molecular formula is C11H13N3S. The van der Waals surface area contributed by atoms with Crippen molar-refractivity contribution in [2.24, 2.45) is 0 Å². The third-order valence-electron chi connectivity index (χ3n) is 2.06. The summed E-state index contributed by atoms with van der Waals surface area (Å²) in [5.74, 6) is 0. The van der Waals surface area contributed by atoms with E-state index in [2.05, 4.69) is 16.4 Å². The Bertz CT molecular complexity index is 412. The minimum atomic E-state index is 0.812. The highest BCUT2D eigenvalue weighted by Gasteiger charge is 1.95. The number of nitrogens with zero attached hydrogens (tertiary/aromatic N) is 1. The highest BCUT2D eigenvalue weighted by atomic mass is 32.1. The van der Waals surface area contributed by atoms with E-state index in [9.17, 15) is 0 Å². The maximum atomic E-state index is 5.69. The van der Waals surface area contributed by atoms with Gasteiger partial charge < -0.3 is 11.1 Å². The zero-order valence-electron chi connectivity index (χ0n) is 8.31. The van der Waals surface area contributed by atoms with E-state index in [0.717, 1.165) is 18.8 Å². The molecule has 3 nitrogen and oxygen atoms in total. The molecule has 0 bridgehead atoms. The van der Waals surface area contributed by atoms with Gasteiger partial charge in [0.2, 0.25) is 0 Å². The van der Waals surface area contributed by atoms with E-state index in [0.29, 0.717) is 0 Å². The molecule has 1 heterocycles. The largest absolute Gasteiger partial charge is 0.399 e. The number of nitrogens with two attached hydrogens (primary N) is 1. The maximum absolute atomic E-state index is 5.69. The van der Waals surface area contributed by atoms with Crippen LogP contribution in [0.5, 0.6) is 0 Å². The molecular weight excluding hydrogens is 206 g/mol. The first-order valence-corrected chi connectivity index (χ1v) is 5.65. The van der Waals surface area contributed by atoms with Crippen LogP contribution in [0.1, 0.15) is 10.4 Å². The van der Waals surface area contributed by atoms with Crippen LogP contribution in [-0.2, 0) is 13.1 Å². The van der Waals surface area contributed by atoms with Crippen molar-refractivity contribution in [3.63, 3.8) is 0 Å². The quantitative estimate of drug-likeness (QED) is 0.773. The lowest BCUT2D eigenvalue weighted by Crippen LogP contribution is -2.11. The van der Waals surface area contributed by atoms with Gasteiger partial charge in [-0.05, 0) is 17.7 Å². The molecule has 1 aromatic heterocycles. The van der Waals surface area contributed by atoms with Crippen molar-refractivity contribution in [1.82, 2.24) is 10.3 Å². The predicted molar refractivity (Wildman–Crippen MR) is 63.5 cm³/mol. The van der Waals surface area contributed by atoms with Crippen LogP contribution in [0.4, 0.5) is 5.69 Å². The molecule has 0 aliphatic carbocycles. The molecule has 0 saturated carbocycles. The Balaban J connectivity index is 1.83. The fourth-order valence-corrected chi connectivity index (χ4v) is 1.93. The first kappa shape index (κ1) is 10.1. The zero-order chi connectivity index (χ0) is 10.5. The van der Waals surface area contributed by atoms with Crippen LogP contribution < -0.4 is 11.1 Å². The molecule has 2 rings (SSSR count). The van der Waals surface area contributed by atoms with Gasteiger partial charge in [0.1, 0.15) is 0 Å². The Morgan fingerprint density at radius 2 is 2.27 bits per heavy atom. The Kier molecular flexibility index (Phi) is 3.32. The average Bonchev–Trinajstić information content (AvgIpc) is 2.71. The molecule has 0 radical (unpaired) electrons. The van der Waals surface area contributed by atoms with Crippen molar-refractivity contribution in [3.05, 3.63) is 46.4 Å². The normalized spacial score (nSPS) is 10.4. The number of anilines is 1. The molecule has 78 valence electrons. The molecule has 1 aromatic carbocycles. The summed E-state index contributed by atoms with van der Waals surface area (Å²) >= 11 is 1.66. The highest BCUT2D eigenvalue weighted by molar-refractivity contribution is 7.09. The van der Waals surface area contributed by atoms with Crippen LogP contribution in [0.2, 0.25) is 0 Å². The van der Waals surface area contributed by atoms with Gasteiger partial charge in [0.15, 0.2) is 0 Å². The van der Waals surface area contributed by atoms with E-state index < -0.39 is 0 Å². The number of aromatic nitrogens is 1. The topological polar surface area (TPSA) is 50.9 Å². The second kappa shape index (κ2) is 4.91. The highest BCUT2D eigenvalue weighted by Crippen LogP contribution is 2.08. The molecule has 0 saturated heterocycles. The van der Waals surface area contributed by atoms with Gasteiger partial charge in [-0.2, -0.15) is 0 Å². The van der Waals surface area contributed by atoms with E-state index in [4.69, 9.17) is 5.73 Å². The number of rotatable bonds is 4. The Hall–Kier alpha value is -1.39. The minimum absolute atomic E-state index is 0.812. The third-order valence-corrected chi connectivity index (χ3v) is 2.84. The van der Waals surface area contributed by atoms with Gasteiger partial charge in [0.25, 0.3) is 0 Å². The zero-order valence-corrected chi connectivity index (χ0v) is 9.13. The second-order valence-electron chi connectivity index (χ2n) is 3.32. The first-order chi connectivity index (χ1) is 7.34. The number of thiazole rings is 1. The molecule has 15 heavy (non-hydrogen) atoms. The van der Waals surface area contributed by atoms with E-state index >= 15 is 0 Å². The molecule has 4 heteroatoms. The van der Waals surface area contributed by atoms with Crippen LogP contribution in [0, 0.1) is 0 Å². The molecule has 0 spiro atoms. The average molecular weight is 219 g/mol. The van der Waals surface area contributed by atoms with Crippen LogP contribution in [0.15, 0.2) is 36.0 Å². The van der Waals surface area contributed by atoms with Gasteiger partial charge in [-0.1, -0.05) is 12.1 Å². The van der Waals surface area contributed by atoms with E-state index in [-0.39, 0.29) is 0 Å². The molecule has 0 amide bonds. The summed E-state index contributed by atoms with van der Waals surface area (Å²) in [6.45, 7) is 1.70. The smallest absolute Gasteiger partial charge is 0.0794 e. The monoisotopic (exact) mass is 219 g/mol. The Labute approximate surface area is 93.0 Å². The SMILES string of the molecule is Nc1cccc(CNCc2cncs2)c1. The van der Waals surface area contributed by atoms with Crippen molar-refractivity contribution in [2.45, 2.75) is 13.1 Å². The Morgan fingerprint density at radius 1 is 1.33 bits per heavy atom. The fraction of sp³-hybridized carbons (Fsp3) is 0.182. The summed E-state index contributed by atoms with van der Waals surface area (Å²) in [6.07, 6.45) is 1.89. The summed E-state index contributed by atoms with van der Waals surface area (Å²) in [5.41, 5.74) is 9.55. The molecule has 0 fully saturated rings. The van der Waals surface area contributed by atoms with Crippen molar-refractivity contribution in [3.8, 4) is 0 Å². The van der Waals surface area contributed by atoms with Crippen LogP contribution in [0.3, 0.4) is 0 Å². The second-order valence-corrected chi connectivity index (χ2v) is 4.29. The van der Waals surface area contributed by atoms with E-state index in [1.165, 1.54) is 10.4 Å². The number of nitrogens with one attached hydrogen (secondary N) is 1. The third kappa shape index (κ3) is 3.04. The summed E-state index contributed by atoms with van der Waals surface area (Å²) in [4.78, 5) is 5.27. The number of nitrogen functional groups attached to an aromatic ring is 1.